The van der Waals surface area contributed by atoms with E-state index in [0.29, 0.717) is 13.2 Å². The summed E-state index contributed by atoms with van der Waals surface area (Å²) in [6.07, 6.45) is -0.784. The van der Waals surface area contributed by atoms with Gasteiger partial charge < -0.3 is 28.4 Å². The lowest BCUT2D eigenvalue weighted by Crippen LogP contribution is -2.38. The second kappa shape index (κ2) is 12.4. The van der Waals surface area contributed by atoms with Crippen LogP contribution in [0.2, 0.25) is 0 Å². The van der Waals surface area contributed by atoms with Gasteiger partial charge in [-0.3, -0.25) is 9.80 Å². The summed E-state index contributed by atoms with van der Waals surface area (Å²) in [4.78, 5) is 15.8. The van der Waals surface area contributed by atoms with E-state index < -0.39 is 6.16 Å². The topological polar surface area (TPSA) is 78.9 Å². The smallest absolute Gasteiger partial charge is 0.407 e. The van der Waals surface area contributed by atoms with Crippen LogP contribution in [0.1, 0.15) is 0 Å². The molecule has 0 unspecified atom stereocenters. The Bertz CT molecular complexity index is 304. The van der Waals surface area contributed by atoms with Crippen molar-refractivity contribution in [1.29, 1.82) is 0 Å². The molecule has 0 aromatic rings. The molecular formula is C15H28N2O7. The Balaban J connectivity index is 1.34. The van der Waals surface area contributed by atoms with Gasteiger partial charge in [0.25, 0.3) is 0 Å². The van der Waals surface area contributed by atoms with Crippen LogP contribution in [-0.4, -0.2) is 108 Å². The molecule has 140 valence electrons. The summed E-state index contributed by atoms with van der Waals surface area (Å²) in [5.41, 5.74) is 0. The van der Waals surface area contributed by atoms with E-state index in [2.05, 4.69) is 9.80 Å². The molecule has 2 fully saturated rings. The van der Waals surface area contributed by atoms with E-state index in [9.17, 15) is 4.79 Å². The fourth-order valence-electron chi connectivity index (χ4n) is 2.38. The molecule has 0 aromatic heterocycles. The molecule has 2 heterocycles. The van der Waals surface area contributed by atoms with E-state index in [4.69, 9.17) is 28.4 Å². The van der Waals surface area contributed by atoms with Gasteiger partial charge in [-0.25, -0.2) is 4.79 Å². The third-order valence-corrected chi connectivity index (χ3v) is 3.83. The minimum Gasteiger partial charge on any atom is -0.407 e. The molecule has 0 aliphatic carbocycles. The first-order valence-corrected chi connectivity index (χ1v) is 8.40. The zero-order valence-electron chi connectivity index (χ0n) is 14.2. The van der Waals surface area contributed by atoms with Gasteiger partial charge >= 0.3 is 6.16 Å². The molecule has 0 spiro atoms. The number of morpholine rings is 2. The molecule has 0 atom stereocenters. The van der Waals surface area contributed by atoms with E-state index in [-0.39, 0.29) is 13.6 Å². The van der Waals surface area contributed by atoms with E-state index in [1.807, 2.05) is 0 Å². The van der Waals surface area contributed by atoms with Crippen LogP contribution in [0.5, 0.6) is 0 Å². The summed E-state index contributed by atoms with van der Waals surface area (Å²) in [5.74, 6) is 0. The molecule has 2 saturated heterocycles. The number of nitrogens with zero attached hydrogens (tertiary/aromatic N) is 2. The van der Waals surface area contributed by atoms with Crippen molar-refractivity contribution in [3.05, 3.63) is 0 Å². The van der Waals surface area contributed by atoms with Crippen LogP contribution in [0.3, 0.4) is 0 Å². The quantitative estimate of drug-likeness (QED) is 0.302. The number of hydrogen-bond donors (Lipinski definition) is 0. The molecule has 0 aromatic carbocycles. The first-order valence-electron chi connectivity index (χ1n) is 8.40. The van der Waals surface area contributed by atoms with Crippen molar-refractivity contribution in [2.24, 2.45) is 0 Å². The van der Waals surface area contributed by atoms with Crippen LogP contribution in [0.4, 0.5) is 4.79 Å². The highest BCUT2D eigenvalue weighted by molar-refractivity contribution is 5.59. The van der Waals surface area contributed by atoms with Gasteiger partial charge in [0, 0.05) is 39.3 Å². The third kappa shape index (κ3) is 8.76. The maximum absolute atomic E-state index is 11.3. The zero-order valence-corrected chi connectivity index (χ0v) is 14.2. The average molecular weight is 348 g/mol. The SMILES string of the molecule is O=C(OCOCCN1CCOCC1)OCOCCN1CCOCC1. The highest BCUT2D eigenvalue weighted by Crippen LogP contribution is 1.97. The predicted molar refractivity (Wildman–Crippen MR) is 83.7 cm³/mol. The molecule has 9 nitrogen and oxygen atoms in total. The molecule has 0 saturated carbocycles. The molecule has 9 heteroatoms. The summed E-state index contributed by atoms with van der Waals surface area (Å²) in [7, 11) is 0. The Morgan fingerprint density at radius 3 is 1.58 bits per heavy atom. The van der Waals surface area contributed by atoms with Crippen molar-refractivity contribution in [3.63, 3.8) is 0 Å². The molecule has 2 aliphatic rings. The number of ether oxygens (including phenoxy) is 6. The summed E-state index contributed by atoms with van der Waals surface area (Å²) < 4.78 is 30.6. The van der Waals surface area contributed by atoms with Crippen LogP contribution in [0, 0.1) is 0 Å². The normalized spacial score (nSPS) is 20.0. The van der Waals surface area contributed by atoms with Crippen LogP contribution in [-0.2, 0) is 28.4 Å². The lowest BCUT2D eigenvalue weighted by Gasteiger charge is -2.26. The molecule has 0 bridgehead atoms. The second-order valence-electron chi connectivity index (χ2n) is 5.50. The predicted octanol–water partition coefficient (Wildman–Crippen LogP) is -0.248. The fraction of sp³-hybridized carbons (Fsp3) is 0.933. The molecule has 24 heavy (non-hydrogen) atoms. The molecule has 2 rings (SSSR count). The largest absolute Gasteiger partial charge is 0.512 e. The van der Waals surface area contributed by atoms with Crippen molar-refractivity contribution in [2.45, 2.75) is 0 Å². The average Bonchev–Trinajstić information content (AvgIpc) is 2.63. The number of carbonyl (C=O) groups is 1. The molecule has 0 N–H and O–H groups in total. The van der Waals surface area contributed by atoms with Gasteiger partial charge in [0.1, 0.15) is 0 Å². The van der Waals surface area contributed by atoms with Crippen molar-refractivity contribution in [1.82, 2.24) is 9.80 Å². The molecule has 2 aliphatic heterocycles. The first kappa shape index (κ1) is 19.4. The van der Waals surface area contributed by atoms with Crippen molar-refractivity contribution in [3.8, 4) is 0 Å². The molecule has 0 radical (unpaired) electrons. The zero-order chi connectivity index (χ0) is 16.9. The van der Waals surface area contributed by atoms with Crippen molar-refractivity contribution in [2.75, 3.05) is 92.5 Å². The summed E-state index contributed by atoms with van der Waals surface area (Å²) >= 11 is 0. The lowest BCUT2D eigenvalue weighted by atomic mass is 10.4. The van der Waals surface area contributed by atoms with Gasteiger partial charge in [0.15, 0.2) is 13.6 Å². The Hall–Kier alpha value is -0.970. The fourth-order valence-corrected chi connectivity index (χ4v) is 2.38. The molecule has 0 amide bonds. The van der Waals surface area contributed by atoms with Crippen LogP contribution in [0.15, 0.2) is 0 Å². The van der Waals surface area contributed by atoms with Crippen molar-refractivity contribution < 1.29 is 33.2 Å². The highest BCUT2D eigenvalue weighted by atomic mass is 16.8. The standard InChI is InChI=1S/C15H28N2O7/c18-15(23-13-21-11-5-16-1-7-19-8-2-16)24-14-22-12-6-17-3-9-20-10-4-17/h1-14H2. The summed E-state index contributed by atoms with van der Waals surface area (Å²) in [6.45, 7) is 9.05. The lowest BCUT2D eigenvalue weighted by molar-refractivity contribution is -0.0863. The minimum atomic E-state index is -0.784. The number of carbonyl (C=O) groups excluding carboxylic acids is 1. The summed E-state index contributed by atoms with van der Waals surface area (Å²) in [5, 5.41) is 0. The van der Waals surface area contributed by atoms with Gasteiger partial charge in [-0.2, -0.15) is 0 Å². The number of rotatable bonds is 10. The maximum atomic E-state index is 11.3. The van der Waals surface area contributed by atoms with Gasteiger partial charge in [0.05, 0.1) is 39.6 Å². The van der Waals surface area contributed by atoms with Crippen LogP contribution >= 0.6 is 0 Å². The van der Waals surface area contributed by atoms with Gasteiger partial charge in [0.2, 0.25) is 0 Å². The highest BCUT2D eigenvalue weighted by Gasteiger charge is 2.11. The van der Waals surface area contributed by atoms with Gasteiger partial charge in [-0.15, -0.1) is 0 Å². The Labute approximate surface area is 142 Å². The molecular weight excluding hydrogens is 320 g/mol. The Kier molecular flexibility index (Phi) is 10.0. The van der Waals surface area contributed by atoms with E-state index >= 15 is 0 Å². The van der Waals surface area contributed by atoms with Crippen LogP contribution in [0.25, 0.3) is 0 Å². The Morgan fingerprint density at radius 1 is 0.750 bits per heavy atom. The Morgan fingerprint density at radius 2 is 1.17 bits per heavy atom. The third-order valence-electron chi connectivity index (χ3n) is 3.83. The van der Waals surface area contributed by atoms with Crippen LogP contribution < -0.4 is 0 Å². The number of hydrogen-bond acceptors (Lipinski definition) is 9. The maximum Gasteiger partial charge on any atom is 0.512 e. The second-order valence-corrected chi connectivity index (χ2v) is 5.50. The minimum absolute atomic E-state index is 0.114. The van der Waals surface area contributed by atoms with Gasteiger partial charge in [-0.05, 0) is 0 Å². The van der Waals surface area contributed by atoms with Gasteiger partial charge in [-0.1, -0.05) is 0 Å². The van der Waals surface area contributed by atoms with E-state index in [1.165, 1.54) is 0 Å². The van der Waals surface area contributed by atoms with E-state index in [1.54, 1.807) is 0 Å². The monoisotopic (exact) mass is 348 g/mol. The first-order chi connectivity index (χ1) is 11.8. The van der Waals surface area contributed by atoms with E-state index in [0.717, 1.165) is 65.7 Å². The van der Waals surface area contributed by atoms with Crippen molar-refractivity contribution >= 4 is 6.16 Å². The summed E-state index contributed by atoms with van der Waals surface area (Å²) in [6, 6.07) is 0.